The quantitative estimate of drug-likeness (QED) is 0.0261. The summed E-state index contributed by atoms with van der Waals surface area (Å²) < 4.78 is 17.0. The third kappa shape index (κ3) is 65.3. The normalized spacial score (nSPS) is 12.6. The molecule has 0 heterocycles. The van der Waals surface area contributed by atoms with Crippen LogP contribution in [0, 0.1) is 0 Å². The molecule has 456 valence electrons. The molecule has 0 N–H and O–H groups in total. The van der Waals surface area contributed by atoms with E-state index in [-0.39, 0.29) is 31.1 Å². The maximum Gasteiger partial charge on any atom is 0.306 e. The zero-order chi connectivity index (χ0) is 57.1. The van der Waals surface area contributed by atoms with Gasteiger partial charge in [0, 0.05) is 19.3 Å². The summed E-state index contributed by atoms with van der Waals surface area (Å²) in [6.07, 6.45) is 88.7. The Balaban J connectivity index is 4.41. The molecule has 0 saturated heterocycles. The molecule has 1 atom stereocenters. The highest BCUT2D eigenvalue weighted by atomic mass is 16.6. The smallest absolute Gasteiger partial charge is 0.306 e. The van der Waals surface area contributed by atoms with E-state index in [0.717, 1.165) is 89.9 Å². The van der Waals surface area contributed by atoms with Crippen LogP contribution in [0.3, 0.4) is 0 Å². The largest absolute Gasteiger partial charge is 0.462 e. The van der Waals surface area contributed by atoms with E-state index in [1.165, 1.54) is 212 Å². The van der Waals surface area contributed by atoms with Crippen molar-refractivity contribution in [2.24, 2.45) is 0 Å². The van der Waals surface area contributed by atoms with Gasteiger partial charge in [0.25, 0.3) is 0 Å². The van der Waals surface area contributed by atoms with Gasteiger partial charge in [0.15, 0.2) is 6.10 Å². The van der Waals surface area contributed by atoms with E-state index in [0.29, 0.717) is 19.3 Å². The number of carbonyl (C=O) groups is 3. The van der Waals surface area contributed by atoms with Crippen molar-refractivity contribution in [3.05, 3.63) is 85.1 Å². The topological polar surface area (TPSA) is 78.9 Å². The molecule has 0 amide bonds. The molecule has 0 aromatic rings. The second-order valence-corrected chi connectivity index (χ2v) is 22.7. The molecule has 79 heavy (non-hydrogen) atoms. The Hall–Kier alpha value is -3.41. The van der Waals surface area contributed by atoms with Gasteiger partial charge in [0.2, 0.25) is 0 Å². The maximum atomic E-state index is 13.0. The molecule has 0 fully saturated rings. The summed E-state index contributed by atoms with van der Waals surface area (Å²) in [6, 6.07) is 0. The minimum Gasteiger partial charge on any atom is -0.462 e. The van der Waals surface area contributed by atoms with Gasteiger partial charge in [-0.3, -0.25) is 14.4 Å². The highest BCUT2D eigenvalue weighted by Crippen LogP contribution is 2.16. The molecule has 6 nitrogen and oxygen atoms in total. The standard InChI is InChI=1S/C73H128O6/c1-4-7-10-13-16-19-22-25-28-31-34-36-39-42-45-48-51-54-57-60-63-66-72(75)78-69-70(68-77-71(74)65-62-59-56-53-50-47-44-41-38-33-30-27-24-21-18-15-12-9-6-3)79-73(76)67-64-61-58-55-52-49-46-43-40-37-35-32-29-26-23-20-17-14-11-8-5-2/h18,21-23,25-27,30-32,34-35,38,41,70H,4-17,19-20,24,28-29,33,36-37,39-40,42-69H2,1-3H3/b21-18-,25-22-,26-23-,30-27-,34-31-,35-32-,41-38-. The third-order valence-electron chi connectivity index (χ3n) is 14.8. The molecule has 0 spiro atoms. The lowest BCUT2D eigenvalue weighted by molar-refractivity contribution is -0.167. The van der Waals surface area contributed by atoms with Crippen molar-refractivity contribution in [1.82, 2.24) is 0 Å². The summed E-state index contributed by atoms with van der Waals surface area (Å²) in [7, 11) is 0. The van der Waals surface area contributed by atoms with Crippen LogP contribution in [0.4, 0.5) is 0 Å². The van der Waals surface area contributed by atoms with Gasteiger partial charge in [-0.05, 0) is 122 Å². The highest BCUT2D eigenvalue weighted by Gasteiger charge is 2.19. The van der Waals surface area contributed by atoms with Crippen LogP contribution in [0.2, 0.25) is 0 Å². The molecule has 0 bridgehead atoms. The van der Waals surface area contributed by atoms with Crippen molar-refractivity contribution < 1.29 is 28.6 Å². The first kappa shape index (κ1) is 75.6. The molecule has 0 saturated carbocycles. The first-order valence-corrected chi connectivity index (χ1v) is 34.1. The maximum absolute atomic E-state index is 13.0. The number of esters is 3. The minimum absolute atomic E-state index is 0.0837. The first-order chi connectivity index (χ1) is 39.0. The van der Waals surface area contributed by atoms with E-state index < -0.39 is 6.10 Å². The van der Waals surface area contributed by atoms with E-state index in [9.17, 15) is 14.4 Å². The van der Waals surface area contributed by atoms with Crippen LogP contribution in [-0.4, -0.2) is 37.2 Å². The second-order valence-electron chi connectivity index (χ2n) is 22.7. The Kier molecular flexibility index (Phi) is 64.2. The zero-order valence-corrected chi connectivity index (χ0v) is 52.4. The second kappa shape index (κ2) is 67.1. The van der Waals surface area contributed by atoms with Gasteiger partial charge in [-0.15, -0.1) is 0 Å². The fraction of sp³-hybridized carbons (Fsp3) is 0.767. The summed E-state index contributed by atoms with van der Waals surface area (Å²) in [5.74, 6) is -0.889. The number of allylic oxidation sites excluding steroid dienone is 14. The Morgan fingerprint density at radius 3 is 0.734 bits per heavy atom. The van der Waals surface area contributed by atoms with E-state index in [4.69, 9.17) is 14.2 Å². The third-order valence-corrected chi connectivity index (χ3v) is 14.8. The Bertz CT molecular complexity index is 1500. The number of rotatable bonds is 62. The van der Waals surface area contributed by atoms with Gasteiger partial charge < -0.3 is 14.2 Å². The number of carbonyl (C=O) groups excluding carboxylic acids is 3. The van der Waals surface area contributed by atoms with Gasteiger partial charge in [-0.25, -0.2) is 0 Å². The molecule has 6 heteroatoms. The fourth-order valence-corrected chi connectivity index (χ4v) is 9.69. The lowest BCUT2D eigenvalue weighted by atomic mass is 10.1. The van der Waals surface area contributed by atoms with Gasteiger partial charge in [-0.1, -0.05) is 286 Å². The summed E-state index contributed by atoms with van der Waals surface area (Å²) in [6.45, 7) is 6.62. The van der Waals surface area contributed by atoms with Crippen LogP contribution < -0.4 is 0 Å². The molecule has 0 aliphatic carbocycles. The monoisotopic (exact) mass is 1100 g/mol. The Labute approximate surface area is 490 Å². The van der Waals surface area contributed by atoms with E-state index >= 15 is 0 Å². The Morgan fingerprint density at radius 1 is 0.253 bits per heavy atom. The molecular weight excluding hydrogens is 973 g/mol. The van der Waals surface area contributed by atoms with Gasteiger partial charge >= 0.3 is 17.9 Å². The number of hydrogen-bond acceptors (Lipinski definition) is 6. The highest BCUT2D eigenvalue weighted by molar-refractivity contribution is 5.71. The van der Waals surface area contributed by atoms with Crippen LogP contribution in [0.5, 0.6) is 0 Å². The predicted octanol–water partition coefficient (Wildman–Crippen LogP) is 23.4. The molecule has 0 aliphatic heterocycles. The van der Waals surface area contributed by atoms with Crippen molar-refractivity contribution in [2.45, 2.75) is 348 Å². The molecule has 0 radical (unpaired) electrons. The number of ether oxygens (including phenoxy) is 3. The fourth-order valence-electron chi connectivity index (χ4n) is 9.69. The number of hydrogen-bond donors (Lipinski definition) is 0. The SMILES string of the molecule is CCCCC/C=C\C/C=C\C/C=C\CCCCCCCCC(=O)OCC(COC(=O)CCCCCCCCCCC/C=C\C/C=C\CCCCCCC)OC(=O)CCCCCCCCCCC/C=C\C/C=C\CCCCCCC. The van der Waals surface area contributed by atoms with Crippen molar-refractivity contribution >= 4 is 17.9 Å². The van der Waals surface area contributed by atoms with Gasteiger partial charge in [0.1, 0.15) is 13.2 Å². The molecule has 0 rings (SSSR count). The van der Waals surface area contributed by atoms with Crippen LogP contribution in [-0.2, 0) is 28.6 Å². The minimum atomic E-state index is -0.789. The van der Waals surface area contributed by atoms with Crippen molar-refractivity contribution in [3.8, 4) is 0 Å². The van der Waals surface area contributed by atoms with Crippen molar-refractivity contribution in [1.29, 1.82) is 0 Å². The van der Waals surface area contributed by atoms with Crippen molar-refractivity contribution in [3.63, 3.8) is 0 Å². The molecule has 1 unspecified atom stereocenters. The zero-order valence-electron chi connectivity index (χ0n) is 52.4. The van der Waals surface area contributed by atoms with E-state index in [2.05, 4.69) is 106 Å². The van der Waals surface area contributed by atoms with Crippen LogP contribution in [0.25, 0.3) is 0 Å². The summed E-state index contributed by atoms with van der Waals surface area (Å²) in [4.78, 5) is 38.4. The summed E-state index contributed by atoms with van der Waals surface area (Å²) in [5, 5.41) is 0. The molecular formula is C73H128O6. The average molecular weight is 1100 g/mol. The van der Waals surface area contributed by atoms with E-state index in [1.807, 2.05) is 0 Å². The lowest BCUT2D eigenvalue weighted by Gasteiger charge is -2.18. The average Bonchev–Trinajstić information content (AvgIpc) is 3.45. The lowest BCUT2D eigenvalue weighted by Crippen LogP contribution is -2.30. The number of unbranched alkanes of at least 4 members (excludes halogenated alkanes) is 37. The van der Waals surface area contributed by atoms with E-state index in [1.54, 1.807) is 0 Å². The summed E-state index contributed by atoms with van der Waals surface area (Å²) >= 11 is 0. The first-order valence-electron chi connectivity index (χ1n) is 34.1. The van der Waals surface area contributed by atoms with Gasteiger partial charge in [0.05, 0.1) is 0 Å². The molecule has 0 aliphatic rings. The molecule has 0 aromatic heterocycles. The van der Waals surface area contributed by atoms with Crippen LogP contribution >= 0.6 is 0 Å². The van der Waals surface area contributed by atoms with Crippen LogP contribution in [0.15, 0.2) is 85.1 Å². The van der Waals surface area contributed by atoms with Gasteiger partial charge in [-0.2, -0.15) is 0 Å². The Morgan fingerprint density at radius 2 is 0.456 bits per heavy atom. The predicted molar refractivity (Wildman–Crippen MR) is 344 cm³/mol. The van der Waals surface area contributed by atoms with Crippen molar-refractivity contribution in [2.75, 3.05) is 13.2 Å². The summed E-state index contributed by atoms with van der Waals surface area (Å²) in [5.41, 5.74) is 0. The van der Waals surface area contributed by atoms with Crippen LogP contribution in [0.1, 0.15) is 342 Å². The molecule has 0 aromatic carbocycles.